The molecule has 1 N–H and O–H groups in total. The number of hydrogen-bond acceptors (Lipinski definition) is 6. The first-order valence-corrected chi connectivity index (χ1v) is 12.7. The number of piperazine rings is 1. The summed E-state index contributed by atoms with van der Waals surface area (Å²) in [5.41, 5.74) is 0. The van der Waals surface area contributed by atoms with Crippen molar-refractivity contribution in [2.24, 2.45) is 5.92 Å². The summed E-state index contributed by atoms with van der Waals surface area (Å²) >= 11 is 5.93. The lowest BCUT2D eigenvalue weighted by atomic mass is 10.0. The van der Waals surface area contributed by atoms with E-state index in [1.165, 1.54) is 12.1 Å². The van der Waals surface area contributed by atoms with Crippen LogP contribution in [0.3, 0.4) is 0 Å². The van der Waals surface area contributed by atoms with Gasteiger partial charge < -0.3 is 14.5 Å². The number of ether oxygens (including phenoxy) is 1. The first-order valence-electron chi connectivity index (χ1n) is 10.8. The van der Waals surface area contributed by atoms with Gasteiger partial charge in [-0.05, 0) is 24.1 Å². The van der Waals surface area contributed by atoms with Crippen molar-refractivity contribution in [3.8, 4) is 0 Å². The molecule has 0 bridgehead atoms. The molecule has 2 amide bonds. The number of sulfonamides is 1. The van der Waals surface area contributed by atoms with Gasteiger partial charge in [-0.3, -0.25) is 14.5 Å². The Labute approximate surface area is 194 Å². The van der Waals surface area contributed by atoms with E-state index in [4.69, 9.17) is 16.3 Å². The first-order chi connectivity index (χ1) is 15.2. The largest absolute Gasteiger partial charge is 0.378 e. The maximum absolute atomic E-state index is 13.2. The Morgan fingerprint density at radius 3 is 2.31 bits per heavy atom. The van der Waals surface area contributed by atoms with Gasteiger partial charge in [-0.15, -0.1) is 0 Å². The minimum atomic E-state index is -3.90. The van der Waals surface area contributed by atoms with Gasteiger partial charge in [0.1, 0.15) is 6.04 Å². The number of nitrogens with zero attached hydrogens (tertiary/aromatic N) is 3. The Kier molecular flexibility index (Phi) is 8.51. The predicted molar refractivity (Wildman–Crippen MR) is 121 cm³/mol. The van der Waals surface area contributed by atoms with Gasteiger partial charge in [0.2, 0.25) is 21.8 Å². The molecule has 1 atom stereocenters. The van der Waals surface area contributed by atoms with Crippen molar-refractivity contribution in [3.63, 3.8) is 0 Å². The number of hydrogen-bond donors (Lipinski definition) is 1. The van der Waals surface area contributed by atoms with E-state index in [2.05, 4.69) is 4.72 Å². The zero-order valence-electron chi connectivity index (χ0n) is 18.5. The summed E-state index contributed by atoms with van der Waals surface area (Å²) in [6, 6.07) is 5.06. The van der Waals surface area contributed by atoms with Crippen LogP contribution in [-0.2, 0) is 24.3 Å². The molecule has 0 aliphatic carbocycles. The average molecular weight is 487 g/mol. The molecule has 0 radical (unpaired) electrons. The number of carbonyl (C=O) groups excluding carboxylic acids is 2. The van der Waals surface area contributed by atoms with Crippen LogP contribution < -0.4 is 4.72 Å². The third kappa shape index (κ3) is 6.41. The van der Waals surface area contributed by atoms with E-state index in [0.29, 0.717) is 64.0 Å². The molecule has 1 aromatic rings. The Morgan fingerprint density at radius 2 is 1.72 bits per heavy atom. The van der Waals surface area contributed by atoms with Gasteiger partial charge in [-0.25, -0.2) is 8.42 Å². The van der Waals surface area contributed by atoms with E-state index in [1.54, 1.807) is 35.8 Å². The SMILES string of the molecule is CC(C)[C@H](NS(=O)(=O)c1cccc(Cl)c1)C(=O)N1CCN(CC(=O)N2CCOCC2)CC1. The maximum Gasteiger partial charge on any atom is 0.241 e. The van der Waals surface area contributed by atoms with Gasteiger partial charge in [0.15, 0.2) is 0 Å². The van der Waals surface area contributed by atoms with E-state index in [9.17, 15) is 18.0 Å². The maximum atomic E-state index is 13.2. The monoisotopic (exact) mass is 486 g/mol. The van der Waals surface area contributed by atoms with Crippen LogP contribution in [0.1, 0.15) is 13.8 Å². The fourth-order valence-corrected chi connectivity index (χ4v) is 5.41. The Bertz CT molecular complexity index is 913. The quantitative estimate of drug-likeness (QED) is 0.607. The number of morpholine rings is 1. The Morgan fingerprint density at radius 1 is 1.06 bits per heavy atom. The summed E-state index contributed by atoms with van der Waals surface area (Å²) in [5.74, 6) is -0.426. The van der Waals surface area contributed by atoms with Gasteiger partial charge in [-0.1, -0.05) is 31.5 Å². The standard InChI is InChI=1S/C21H31ClN4O5S/c1-16(2)20(23-32(29,30)18-5-3-4-17(22)14-18)21(28)26-8-6-24(7-9-26)15-19(27)25-10-12-31-13-11-25/h3-5,14,16,20,23H,6-13,15H2,1-2H3/t20-/m0/s1. The van der Waals surface area contributed by atoms with Crippen molar-refractivity contribution in [1.82, 2.24) is 19.4 Å². The van der Waals surface area contributed by atoms with Gasteiger partial charge >= 0.3 is 0 Å². The minimum absolute atomic E-state index is 0.0231. The highest BCUT2D eigenvalue weighted by Gasteiger charge is 2.33. The second-order valence-electron chi connectivity index (χ2n) is 8.39. The van der Waals surface area contributed by atoms with Crippen LogP contribution in [-0.4, -0.2) is 100 Å². The van der Waals surface area contributed by atoms with E-state index < -0.39 is 16.1 Å². The molecule has 32 heavy (non-hydrogen) atoms. The van der Waals surface area contributed by atoms with E-state index in [1.807, 2.05) is 4.90 Å². The Hall–Kier alpha value is -1.72. The second kappa shape index (κ2) is 10.9. The highest BCUT2D eigenvalue weighted by Crippen LogP contribution is 2.18. The van der Waals surface area contributed by atoms with Crippen molar-refractivity contribution in [2.75, 3.05) is 59.0 Å². The number of carbonyl (C=O) groups is 2. The Balaban J connectivity index is 1.57. The van der Waals surface area contributed by atoms with E-state index >= 15 is 0 Å². The molecule has 0 saturated carbocycles. The molecule has 2 saturated heterocycles. The highest BCUT2D eigenvalue weighted by molar-refractivity contribution is 7.89. The van der Waals surface area contributed by atoms with E-state index in [-0.39, 0.29) is 22.6 Å². The average Bonchev–Trinajstić information content (AvgIpc) is 2.78. The molecule has 2 fully saturated rings. The molecule has 11 heteroatoms. The molecule has 3 rings (SSSR count). The molecule has 0 aromatic heterocycles. The van der Waals surface area contributed by atoms with Crippen molar-refractivity contribution in [3.05, 3.63) is 29.3 Å². The third-order valence-electron chi connectivity index (χ3n) is 5.73. The molecule has 0 unspecified atom stereocenters. The minimum Gasteiger partial charge on any atom is -0.378 e. The summed E-state index contributed by atoms with van der Waals surface area (Å²) in [6.07, 6.45) is 0. The summed E-state index contributed by atoms with van der Waals surface area (Å²) in [4.78, 5) is 31.1. The fraction of sp³-hybridized carbons (Fsp3) is 0.619. The van der Waals surface area contributed by atoms with Crippen LogP contribution in [0, 0.1) is 5.92 Å². The van der Waals surface area contributed by atoms with Gasteiger partial charge in [0, 0.05) is 44.3 Å². The molecule has 0 spiro atoms. The van der Waals surface area contributed by atoms with Crippen molar-refractivity contribution in [2.45, 2.75) is 24.8 Å². The van der Waals surface area contributed by atoms with Gasteiger partial charge in [0.25, 0.3) is 0 Å². The lowest BCUT2D eigenvalue weighted by Gasteiger charge is -2.38. The molecule has 2 aliphatic rings. The van der Waals surface area contributed by atoms with Crippen LogP contribution in [0.5, 0.6) is 0 Å². The van der Waals surface area contributed by atoms with E-state index in [0.717, 1.165) is 0 Å². The molecule has 178 valence electrons. The highest BCUT2D eigenvalue weighted by atomic mass is 35.5. The first kappa shape index (κ1) is 24.9. The van der Waals surface area contributed by atoms with Crippen LogP contribution in [0.15, 0.2) is 29.2 Å². The number of rotatable bonds is 7. The van der Waals surface area contributed by atoms with Gasteiger partial charge in [0.05, 0.1) is 24.7 Å². The molecular formula is C21H31ClN4O5S. The number of amides is 2. The van der Waals surface area contributed by atoms with Gasteiger partial charge in [-0.2, -0.15) is 4.72 Å². The summed E-state index contributed by atoms with van der Waals surface area (Å²) < 4.78 is 33.5. The number of halogens is 1. The normalized spacial score (nSPS) is 19.2. The number of benzene rings is 1. The van der Waals surface area contributed by atoms with Crippen molar-refractivity contribution >= 4 is 33.4 Å². The smallest absolute Gasteiger partial charge is 0.241 e. The summed E-state index contributed by atoms with van der Waals surface area (Å²) in [6.45, 7) is 8.29. The summed E-state index contributed by atoms with van der Waals surface area (Å²) in [7, 11) is -3.90. The molecule has 9 nitrogen and oxygen atoms in total. The van der Waals surface area contributed by atoms with Crippen LogP contribution in [0.25, 0.3) is 0 Å². The second-order valence-corrected chi connectivity index (χ2v) is 10.5. The fourth-order valence-electron chi connectivity index (χ4n) is 3.77. The lowest BCUT2D eigenvalue weighted by Crippen LogP contribution is -2.57. The predicted octanol–water partition coefficient (Wildman–Crippen LogP) is 0.646. The zero-order chi connectivity index (χ0) is 23.3. The van der Waals surface area contributed by atoms with Crippen molar-refractivity contribution in [1.29, 1.82) is 0 Å². The van der Waals surface area contributed by atoms with Crippen LogP contribution in [0.4, 0.5) is 0 Å². The molecule has 2 aliphatic heterocycles. The molecule has 1 aromatic carbocycles. The zero-order valence-corrected chi connectivity index (χ0v) is 20.1. The van der Waals surface area contributed by atoms with Crippen LogP contribution in [0.2, 0.25) is 5.02 Å². The summed E-state index contributed by atoms with van der Waals surface area (Å²) in [5, 5.41) is 0.308. The topological polar surface area (TPSA) is 99.3 Å². The number of nitrogens with one attached hydrogen (secondary N) is 1. The molecular weight excluding hydrogens is 456 g/mol. The van der Waals surface area contributed by atoms with Crippen LogP contribution >= 0.6 is 11.6 Å². The third-order valence-corrected chi connectivity index (χ3v) is 7.40. The molecule has 2 heterocycles. The van der Waals surface area contributed by atoms with Crippen molar-refractivity contribution < 1.29 is 22.7 Å². The lowest BCUT2D eigenvalue weighted by molar-refractivity contribution is -0.138.